The lowest BCUT2D eigenvalue weighted by molar-refractivity contribution is 0.172. The molecule has 1 aromatic rings. The highest BCUT2D eigenvalue weighted by atomic mass is 16.3. The van der Waals surface area contributed by atoms with Gasteiger partial charge in [-0.05, 0) is 43.9 Å². The second-order valence-corrected chi connectivity index (χ2v) is 3.74. The van der Waals surface area contributed by atoms with Crippen molar-refractivity contribution in [2.45, 2.75) is 40.2 Å². The number of hydrogen-bond donors (Lipinski definition) is 1. The van der Waals surface area contributed by atoms with Gasteiger partial charge in [0, 0.05) is 0 Å². The Labute approximate surface area is 80.4 Å². The molecule has 0 heterocycles. The van der Waals surface area contributed by atoms with E-state index in [2.05, 4.69) is 32.9 Å². The van der Waals surface area contributed by atoms with Gasteiger partial charge in [-0.25, -0.2) is 0 Å². The Kier molecular flexibility index (Phi) is 3.10. The molecule has 0 radical (unpaired) electrons. The molecule has 0 aromatic heterocycles. The Hall–Kier alpha value is -0.820. The first-order valence-corrected chi connectivity index (χ1v) is 4.82. The fourth-order valence-electron chi connectivity index (χ4n) is 1.92. The van der Waals surface area contributed by atoms with Gasteiger partial charge in [0.2, 0.25) is 0 Å². The maximum absolute atomic E-state index is 9.78. The molecular weight excluding hydrogens is 160 g/mol. The largest absolute Gasteiger partial charge is 0.388 e. The van der Waals surface area contributed by atoms with Crippen molar-refractivity contribution in [3.8, 4) is 0 Å². The van der Waals surface area contributed by atoms with Gasteiger partial charge in [-0.3, -0.25) is 0 Å². The van der Waals surface area contributed by atoms with Crippen LogP contribution in [0.5, 0.6) is 0 Å². The van der Waals surface area contributed by atoms with Crippen LogP contribution in [0.1, 0.15) is 41.7 Å². The lowest BCUT2D eigenvalue weighted by Gasteiger charge is -2.15. The maximum Gasteiger partial charge on any atom is 0.0792 e. The minimum absolute atomic E-state index is 0.305. The summed E-state index contributed by atoms with van der Waals surface area (Å²) in [5.41, 5.74) is 4.77. The molecule has 0 aliphatic rings. The van der Waals surface area contributed by atoms with E-state index >= 15 is 0 Å². The molecule has 13 heavy (non-hydrogen) atoms. The van der Waals surface area contributed by atoms with Gasteiger partial charge in [0.05, 0.1) is 6.10 Å². The zero-order valence-corrected chi connectivity index (χ0v) is 8.89. The smallest absolute Gasteiger partial charge is 0.0792 e. The summed E-state index contributed by atoms with van der Waals surface area (Å²) in [7, 11) is 0. The molecule has 1 aromatic carbocycles. The number of aliphatic hydroxyl groups excluding tert-OH is 1. The van der Waals surface area contributed by atoms with Gasteiger partial charge in [-0.2, -0.15) is 0 Å². The van der Waals surface area contributed by atoms with Crippen LogP contribution in [-0.2, 0) is 0 Å². The van der Waals surface area contributed by atoms with Crippen LogP contribution < -0.4 is 0 Å². The normalized spacial score (nSPS) is 13.0. The predicted molar refractivity (Wildman–Crippen MR) is 55.9 cm³/mol. The molecule has 0 saturated heterocycles. The number of aliphatic hydroxyl groups is 1. The van der Waals surface area contributed by atoms with E-state index in [4.69, 9.17) is 0 Å². The Bertz CT molecular complexity index is 279. The van der Waals surface area contributed by atoms with Crippen molar-refractivity contribution in [1.82, 2.24) is 0 Å². The van der Waals surface area contributed by atoms with Gasteiger partial charge in [0.1, 0.15) is 0 Å². The Morgan fingerprint density at radius 3 is 2.00 bits per heavy atom. The van der Waals surface area contributed by atoms with Crippen LogP contribution in [0.3, 0.4) is 0 Å². The highest BCUT2D eigenvalue weighted by Gasteiger charge is 2.11. The highest BCUT2D eigenvalue weighted by molar-refractivity contribution is 5.38. The van der Waals surface area contributed by atoms with Gasteiger partial charge < -0.3 is 5.11 Å². The number of rotatable bonds is 2. The number of aryl methyl sites for hydroxylation is 3. The van der Waals surface area contributed by atoms with Gasteiger partial charge in [-0.1, -0.05) is 24.6 Å². The number of benzene rings is 1. The fourth-order valence-corrected chi connectivity index (χ4v) is 1.92. The maximum atomic E-state index is 9.78. The summed E-state index contributed by atoms with van der Waals surface area (Å²) in [6.07, 6.45) is 0.477. The van der Waals surface area contributed by atoms with Gasteiger partial charge in [0.25, 0.3) is 0 Å². The summed E-state index contributed by atoms with van der Waals surface area (Å²) in [6, 6.07) is 4.25. The minimum Gasteiger partial charge on any atom is -0.388 e. The van der Waals surface area contributed by atoms with Crippen LogP contribution in [0.15, 0.2) is 12.1 Å². The monoisotopic (exact) mass is 178 g/mol. The van der Waals surface area contributed by atoms with Crippen molar-refractivity contribution >= 4 is 0 Å². The fraction of sp³-hybridized carbons (Fsp3) is 0.500. The summed E-state index contributed by atoms with van der Waals surface area (Å²) in [5, 5.41) is 9.78. The van der Waals surface area contributed by atoms with E-state index in [1.165, 1.54) is 16.7 Å². The van der Waals surface area contributed by atoms with Crippen molar-refractivity contribution in [2.24, 2.45) is 0 Å². The van der Waals surface area contributed by atoms with Crippen molar-refractivity contribution in [3.05, 3.63) is 34.4 Å². The molecule has 0 spiro atoms. The summed E-state index contributed by atoms with van der Waals surface area (Å²) in [4.78, 5) is 0. The molecule has 0 amide bonds. The Balaban J connectivity index is 3.20. The van der Waals surface area contributed by atoms with Gasteiger partial charge in [-0.15, -0.1) is 0 Å². The van der Waals surface area contributed by atoms with Gasteiger partial charge >= 0.3 is 0 Å². The third kappa shape index (κ3) is 2.10. The summed E-state index contributed by atoms with van der Waals surface area (Å²) in [5.74, 6) is 0. The summed E-state index contributed by atoms with van der Waals surface area (Å²) < 4.78 is 0. The van der Waals surface area contributed by atoms with Crippen LogP contribution in [0, 0.1) is 20.8 Å². The summed E-state index contributed by atoms with van der Waals surface area (Å²) in [6.45, 7) is 8.22. The SMILES string of the molecule is CC[C@H](O)c1c(C)cc(C)cc1C. The van der Waals surface area contributed by atoms with Crippen LogP contribution in [0.25, 0.3) is 0 Å². The predicted octanol–water partition coefficient (Wildman–Crippen LogP) is 3.06. The van der Waals surface area contributed by atoms with Crippen molar-refractivity contribution in [3.63, 3.8) is 0 Å². The third-order valence-electron chi connectivity index (χ3n) is 2.46. The van der Waals surface area contributed by atoms with Crippen LogP contribution >= 0.6 is 0 Å². The molecule has 0 fully saturated rings. The molecule has 0 aliphatic carbocycles. The molecule has 0 bridgehead atoms. The summed E-state index contributed by atoms with van der Waals surface area (Å²) >= 11 is 0. The van der Waals surface area contributed by atoms with E-state index < -0.39 is 0 Å². The first-order valence-electron chi connectivity index (χ1n) is 4.82. The molecule has 0 aliphatic heterocycles. The topological polar surface area (TPSA) is 20.2 Å². The Morgan fingerprint density at radius 1 is 1.15 bits per heavy atom. The van der Waals surface area contributed by atoms with Crippen LogP contribution in [0.2, 0.25) is 0 Å². The molecule has 1 rings (SSSR count). The second-order valence-electron chi connectivity index (χ2n) is 3.74. The van der Waals surface area contributed by atoms with Crippen LogP contribution in [0.4, 0.5) is 0 Å². The molecule has 1 heteroatoms. The molecule has 0 unspecified atom stereocenters. The Morgan fingerprint density at radius 2 is 1.62 bits per heavy atom. The van der Waals surface area contributed by atoms with Crippen molar-refractivity contribution < 1.29 is 5.11 Å². The van der Waals surface area contributed by atoms with Crippen molar-refractivity contribution in [1.29, 1.82) is 0 Å². The first kappa shape index (κ1) is 10.3. The lowest BCUT2D eigenvalue weighted by Crippen LogP contribution is -2.01. The molecular formula is C12H18O. The van der Waals surface area contributed by atoms with E-state index in [0.717, 1.165) is 12.0 Å². The number of hydrogen-bond acceptors (Lipinski definition) is 1. The van der Waals surface area contributed by atoms with E-state index in [0.29, 0.717) is 0 Å². The van der Waals surface area contributed by atoms with Crippen LogP contribution in [-0.4, -0.2) is 5.11 Å². The molecule has 1 atom stereocenters. The molecule has 72 valence electrons. The average molecular weight is 178 g/mol. The van der Waals surface area contributed by atoms with E-state index in [-0.39, 0.29) is 6.10 Å². The molecule has 0 saturated carbocycles. The zero-order chi connectivity index (χ0) is 10.0. The molecule has 1 nitrogen and oxygen atoms in total. The quantitative estimate of drug-likeness (QED) is 0.738. The standard InChI is InChI=1S/C12H18O/c1-5-11(13)12-9(3)6-8(2)7-10(12)4/h6-7,11,13H,5H2,1-4H3/t11-/m0/s1. The van der Waals surface area contributed by atoms with E-state index in [1.54, 1.807) is 0 Å². The van der Waals surface area contributed by atoms with Crippen molar-refractivity contribution in [2.75, 3.05) is 0 Å². The highest BCUT2D eigenvalue weighted by Crippen LogP contribution is 2.25. The average Bonchev–Trinajstić information content (AvgIpc) is 2.02. The van der Waals surface area contributed by atoms with E-state index in [1.807, 2.05) is 6.92 Å². The third-order valence-corrected chi connectivity index (χ3v) is 2.46. The minimum atomic E-state index is -0.305. The first-order chi connectivity index (χ1) is 6.06. The molecule has 1 N–H and O–H groups in total. The second kappa shape index (κ2) is 3.93. The lowest BCUT2D eigenvalue weighted by atomic mass is 9.94. The van der Waals surface area contributed by atoms with E-state index in [9.17, 15) is 5.11 Å². The van der Waals surface area contributed by atoms with Gasteiger partial charge in [0.15, 0.2) is 0 Å². The zero-order valence-electron chi connectivity index (χ0n) is 8.89.